The standard InChI is InChI=1S/C21H22BN4OS/c1-14-4-3-5-16(10-14)19-13-28-21(25-19)24-18(15-6-7-15)11-23-20(27)17-8-9-26(12-17)22-2/h3-5,8-10,12-13H,6-7,11H2,1-2H3,(H,23,27)(H,24,25). The zero-order valence-electron chi connectivity index (χ0n) is 16.0. The molecule has 0 unspecified atom stereocenters. The third-order valence-electron chi connectivity index (χ3n) is 4.70. The third kappa shape index (κ3) is 4.36. The Morgan fingerprint density at radius 2 is 2.18 bits per heavy atom. The van der Waals surface area contributed by atoms with Crippen LogP contribution >= 0.6 is 11.3 Å². The third-order valence-corrected chi connectivity index (χ3v) is 5.46. The van der Waals surface area contributed by atoms with Gasteiger partial charge in [-0.2, -0.15) is 0 Å². The fraction of sp³-hybridized carbons (Fsp3) is 0.238. The quantitative estimate of drug-likeness (QED) is 0.592. The van der Waals surface area contributed by atoms with E-state index >= 15 is 0 Å². The molecule has 0 spiro atoms. The maximum atomic E-state index is 12.4. The lowest BCUT2D eigenvalue weighted by Gasteiger charge is -2.10. The second-order valence-corrected chi connectivity index (χ2v) is 7.76. The van der Waals surface area contributed by atoms with Crippen LogP contribution < -0.4 is 10.6 Å². The van der Waals surface area contributed by atoms with Crippen molar-refractivity contribution in [3.05, 3.63) is 70.5 Å². The van der Waals surface area contributed by atoms with E-state index in [-0.39, 0.29) is 5.91 Å². The smallest absolute Gasteiger partial charge is 0.253 e. The normalized spacial score (nSPS) is 12.6. The maximum absolute atomic E-state index is 12.4. The number of carbonyl (C=O) groups excluding carboxylic acids is 1. The SMILES string of the molecule is C[B]n1ccc(C(=O)NCC(Nc2nc(-c3cccc(C)c3)cs2)=C2CC2)c1. The molecule has 2 heterocycles. The average Bonchev–Trinajstić information content (AvgIpc) is 3.25. The van der Waals surface area contributed by atoms with Crippen molar-refractivity contribution in [2.24, 2.45) is 0 Å². The number of hydrogen-bond donors (Lipinski definition) is 2. The molecule has 141 valence electrons. The van der Waals surface area contributed by atoms with E-state index in [1.807, 2.05) is 43.2 Å². The van der Waals surface area contributed by atoms with Crippen molar-refractivity contribution < 1.29 is 4.79 Å². The van der Waals surface area contributed by atoms with Crippen molar-refractivity contribution in [2.45, 2.75) is 26.6 Å². The second kappa shape index (κ2) is 8.06. The highest BCUT2D eigenvalue weighted by atomic mass is 32.1. The molecule has 2 aromatic heterocycles. The van der Waals surface area contributed by atoms with E-state index in [0.717, 1.165) is 34.9 Å². The van der Waals surface area contributed by atoms with Crippen LogP contribution in [-0.2, 0) is 0 Å². The number of nitrogens with one attached hydrogen (secondary N) is 2. The Kier molecular flexibility index (Phi) is 5.35. The number of nitrogens with zero attached hydrogens (tertiary/aromatic N) is 2. The van der Waals surface area contributed by atoms with E-state index in [4.69, 9.17) is 4.98 Å². The summed E-state index contributed by atoms with van der Waals surface area (Å²) in [6, 6.07) is 10.2. The molecule has 7 heteroatoms. The molecule has 2 N–H and O–H groups in total. The van der Waals surface area contributed by atoms with Gasteiger partial charge in [0, 0.05) is 22.8 Å². The molecule has 0 bridgehead atoms. The molecule has 0 aliphatic heterocycles. The minimum absolute atomic E-state index is 0.0688. The molecule has 1 radical (unpaired) electrons. The number of amides is 1. The van der Waals surface area contributed by atoms with Crippen LogP contribution in [0.3, 0.4) is 0 Å². The molecule has 28 heavy (non-hydrogen) atoms. The van der Waals surface area contributed by atoms with Gasteiger partial charge in [0.05, 0.1) is 17.8 Å². The predicted octanol–water partition coefficient (Wildman–Crippen LogP) is 4.33. The van der Waals surface area contributed by atoms with Crippen LogP contribution in [0.4, 0.5) is 5.13 Å². The molecule has 5 nitrogen and oxygen atoms in total. The molecule has 1 aliphatic rings. The largest absolute Gasteiger partial charge is 0.402 e. The first-order valence-electron chi connectivity index (χ1n) is 9.38. The van der Waals surface area contributed by atoms with Crippen molar-refractivity contribution in [1.29, 1.82) is 0 Å². The number of thiazole rings is 1. The van der Waals surface area contributed by atoms with Gasteiger partial charge in [0.25, 0.3) is 5.91 Å². The van der Waals surface area contributed by atoms with Crippen LogP contribution in [0.25, 0.3) is 11.3 Å². The van der Waals surface area contributed by atoms with Crippen LogP contribution in [-0.4, -0.2) is 29.3 Å². The summed E-state index contributed by atoms with van der Waals surface area (Å²) < 4.78 is 1.87. The molecule has 1 aliphatic carbocycles. The number of allylic oxidation sites excluding steroid dienone is 1. The minimum Gasteiger partial charge on any atom is -0.402 e. The lowest BCUT2D eigenvalue weighted by atomic mass is 10.0. The highest BCUT2D eigenvalue weighted by Gasteiger charge is 2.20. The van der Waals surface area contributed by atoms with Crippen LogP contribution in [0.1, 0.15) is 28.8 Å². The van der Waals surface area contributed by atoms with Gasteiger partial charge in [-0.25, -0.2) is 4.98 Å². The second-order valence-electron chi connectivity index (χ2n) is 6.90. The topological polar surface area (TPSA) is 59.0 Å². The van der Waals surface area contributed by atoms with E-state index in [0.29, 0.717) is 12.1 Å². The van der Waals surface area contributed by atoms with Gasteiger partial charge in [-0.05, 0) is 43.7 Å². The Labute approximate surface area is 169 Å². The minimum atomic E-state index is -0.0688. The van der Waals surface area contributed by atoms with E-state index in [1.165, 1.54) is 11.1 Å². The molecule has 1 amide bonds. The number of rotatable bonds is 7. The summed E-state index contributed by atoms with van der Waals surface area (Å²) in [4.78, 5) is 17.1. The van der Waals surface area contributed by atoms with Crippen LogP contribution in [0.2, 0.25) is 6.82 Å². The number of aromatic nitrogens is 2. The molecule has 3 aromatic rings. The summed E-state index contributed by atoms with van der Waals surface area (Å²) in [5, 5.41) is 9.36. The highest BCUT2D eigenvalue weighted by molar-refractivity contribution is 7.14. The first-order valence-corrected chi connectivity index (χ1v) is 10.3. The monoisotopic (exact) mass is 389 g/mol. The summed E-state index contributed by atoms with van der Waals surface area (Å²) in [5.74, 6) is -0.0688. The van der Waals surface area contributed by atoms with Crippen molar-refractivity contribution in [2.75, 3.05) is 11.9 Å². The van der Waals surface area contributed by atoms with Gasteiger partial charge < -0.3 is 15.1 Å². The Balaban J connectivity index is 1.41. The van der Waals surface area contributed by atoms with Gasteiger partial charge in [0.1, 0.15) is 0 Å². The lowest BCUT2D eigenvalue weighted by molar-refractivity contribution is 0.0957. The molecule has 1 aromatic carbocycles. The Morgan fingerprint density at radius 3 is 2.89 bits per heavy atom. The number of benzene rings is 1. The predicted molar refractivity (Wildman–Crippen MR) is 116 cm³/mol. The van der Waals surface area contributed by atoms with Gasteiger partial charge in [-0.1, -0.05) is 30.6 Å². The zero-order chi connectivity index (χ0) is 19.5. The Bertz CT molecular complexity index is 1030. The molecular weight excluding hydrogens is 367 g/mol. The Morgan fingerprint density at radius 1 is 1.32 bits per heavy atom. The summed E-state index contributed by atoms with van der Waals surface area (Å²) in [7, 11) is 1.91. The van der Waals surface area contributed by atoms with E-state index < -0.39 is 0 Å². The van der Waals surface area contributed by atoms with E-state index in [2.05, 4.69) is 41.1 Å². The van der Waals surface area contributed by atoms with Crippen molar-refractivity contribution >= 4 is 29.8 Å². The van der Waals surface area contributed by atoms with Crippen molar-refractivity contribution in [3.8, 4) is 11.3 Å². The number of aryl methyl sites for hydroxylation is 1. The highest BCUT2D eigenvalue weighted by Crippen LogP contribution is 2.33. The first kappa shape index (κ1) is 18.6. The lowest BCUT2D eigenvalue weighted by Crippen LogP contribution is -2.27. The molecule has 0 atom stereocenters. The fourth-order valence-corrected chi connectivity index (χ4v) is 3.74. The fourth-order valence-electron chi connectivity index (χ4n) is 3.00. The summed E-state index contributed by atoms with van der Waals surface area (Å²) >= 11 is 1.58. The Hall–Kier alpha value is -2.80. The van der Waals surface area contributed by atoms with Gasteiger partial charge in [0.2, 0.25) is 7.41 Å². The summed E-state index contributed by atoms with van der Waals surface area (Å²) in [6.07, 6.45) is 5.85. The van der Waals surface area contributed by atoms with Gasteiger partial charge in [-0.3, -0.25) is 4.79 Å². The molecule has 1 fully saturated rings. The maximum Gasteiger partial charge on any atom is 0.253 e. The van der Waals surface area contributed by atoms with Crippen molar-refractivity contribution in [3.63, 3.8) is 0 Å². The van der Waals surface area contributed by atoms with Gasteiger partial charge in [0.15, 0.2) is 5.13 Å². The number of hydrogen-bond acceptors (Lipinski definition) is 4. The number of carbonyl (C=O) groups is 1. The van der Waals surface area contributed by atoms with Crippen LogP contribution in [0.15, 0.2) is 59.4 Å². The van der Waals surface area contributed by atoms with Crippen LogP contribution in [0, 0.1) is 6.92 Å². The summed E-state index contributed by atoms with van der Waals surface area (Å²) in [5.41, 5.74) is 6.38. The van der Waals surface area contributed by atoms with Gasteiger partial charge in [-0.15, -0.1) is 11.3 Å². The summed E-state index contributed by atoms with van der Waals surface area (Å²) in [6.45, 7) is 4.49. The molecular formula is C21H22BN4OS. The molecule has 4 rings (SSSR count). The zero-order valence-corrected chi connectivity index (χ0v) is 16.8. The molecule has 1 saturated carbocycles. The molecule has 0 saturated heterocycles. The van der Waals surface area contributed by atoms with Gasteiger partial charge >= 0.3 is 0 Å². The first-order chi connectivity index (χ1) is 13.6. The average molecular weight is 389 g/mol. The van der Waals surface area contributed by atoms with E-state index in [9.17, 15) is 4.79 Å². The van der Waals surface area contributed by atoms with Crippen molar-refractivity contribution in [1.82, 2.24) is 14.8 Å². The van der Waals surface area contributed by atoms with Crippen LogP contribution in [0.5, 0.6) is 0 Å². The van der Waals surface area contributed by atoms with E-state index in [1.54, 1.807) is 11.3 Å². The number of anilines is 1.